The minimum absolute atomic E-state index is 0.00995. The van der Waals surface area contributed by atoms with Crippen LogP contribution in [0.15, 0.2) is 28.8 Å². The summed E-state index contributed by atoms with van der Waals surface area (Å²) < 4.78 is 40.8. The van der Waals surface area contributed by atoms with Gasteiger partial charge in [0.1, 0.15) is 33.4 Å². The van der Waals surface area contributed by atoms with Crippen molar-refractivity contribution in [3.05, 3.63) is 68.4 Å². The zero-order valence-electron chi connectivity index (χ0n) is 21.0. The number of hydrogen-bond acceptors (Lipinski definition) is 7. The van der Waals surface area contributed by atoms with Gasteiger partial charge in [-0.25, -0.2) is 18.6 Å². The molecule has 7 nitrogen and oxygen atoms in total. The Morgan fingerprint density at radius 3 is 2.67 bits per heavy atom. The number of fused-ring (bicyclic) bond motifs is 1. The molecule has 0 saturated heterocycles. The van der Waals surface area contributed by atoms with E-state index in [0.29, 0.717) is 48.9 Å². The first-order chi connectivity index (χ1) is 18.7. The van der Waals surface area contributed by atoms with Gasteiger partial charge >= 0.3 is 5.97 Å². The molecular formula is C28H25ClF2N2O5S. The van der Waals surface area contributed by atoms with E-state index in [-0.39, 0.29) is 21.3 Å². The van der Waals surface area contributed by atoms with E-state index in [0.717, 1.165) is 52.7 Å². The van der Waals surface area contributed by atoms with Crippen molar-refractivity contribution in [1.29, 1.82) is 0 Å². The van der Waals surface area contributed by atoms with E-state index < -0.39 is 28.8 Å². The minimum Gasteiger partial charge on any atom is -0.477 e. The lowest BCUT2D eigenvalue weighted by atomic mass is 9.83. The van der Waals surface area contributed by atoms with E-state index in [1.807, 2.05) is 25.1 Å². The number of aromatic carboxylic acids is 1. The van der Waals surface area contributed by atoms with Crippen LogP contribution in [-0.2, 0) is 16.9 Å². The third-order valence-electron chi connectivity index (χ3n) is 7.64. The summed E-state index contributed by atoms with van der Waals surface area (Å²) in [7, 11) is 0. The number of carbonyl (C=O) groups is 1. The fourth-order valence-corrected chi connectivity index (χ4v) is 6.74. The third kappa shape index (κ3) is 4.73. The van der Waals surface area contributed by atoms with Gasteiger partial charge in [-0.05, 0) is 57.1 Å². The van der Waals surface area contributed by atoms with Gasteiger partial charge in [0.2, 0.25) is 0 Å². The molecule has 2 fully saturated rings. The second kappa shape index (κ2) is 9.92. The van der Waals surface area contributed by atoms with Crippen LogP contribution >= 0.6 is 22.9 Å². The number of thiazole rings is 1. The van der Waals surface area contributed by atoms with Gasteiger partial charge in [-0.1, -0.05) is 28.9 Å². The highest BCUT2D eigenvalue weighted by Gasteiger charge is 2.39. The van der Waals surface area contributed by atoms with Crippen LogP contribution in [0.4, 0.5) is 8.78 Å². The number of rotatable bonds is 7. The summed E-state index contributed by atoms with van der Waals surface area (Å²) in [5.74, 6) is -2.90. The standard InChI is InChI=1S/C28H25ClF2N2O5S/c1-13-3-2-4-17(29)20(13)23-16(24(38-33-23)14-5-6-14)12-37-15-7-9-28(36,10-8-15)27-32-19-11-18(30)21(26(34)35)22(31)25(19)39-27/h2-4,11,14-15,36H,5-10,12H2,1H3,(H,34,35). The van der Waals surface area contributed by atoms with Crippen LogP contribution in [0.2, 0.25) is 5.02 Å². The van der Waals surface area contributed by atoms with Crippen molar-refractivity contribution in [1.82, 2.24) is 10.1 Å². The summed E-state index contributed by atoms with van der Waals surface area (Å²) in [6.45, 7) is 2.27. The number of nitrogens with zero attached hydrogens (tertiary/aromatic N) is 2. The Bertz CT molecular complexity index is 1570. The van der Waals surface area contributed by atoms with E-state index in [1.54, 1.807) is 0 Å². The molecule has 2 heterocycles. The van der Waals surface area contributed by atoms with Crippen LogP contribution in [0.1, 0.15) is 76.7 Å². The van der Waals surface area contributed by atoms with Gasteiger partial charge in [-0.15, -0.1) is 11.3 Å². The zero-order valence-corrected chi connectivity index (χ0v) is 22.5. The van der Waals surface area contributed by atoms with Crippen LogP contribution < -0.4 is 0 Å². The molecule has 6 rings (SSSR count). The van der Waals surface area contributed by atoms with Gasteiger partial charge in [-0.3, -0.25) is 0 Å². The number of carboxylic acids is 1. The monoisotopic (exact) mass is 574 g/mol. The Morgan fingerprint density at radius 1 is 1.26 bits per heavy atom. The van der Waals surface area contributed by atoms with Gasteiger partial charge in [0, 0.05) is 23.1 Å². The molecule has 0 spiro atoms. The SMILES string of the molecule is Cc1cccc(Cl)c1-c1noc(C2CC2)c1COC1CCC(O)(c2nc3cc(F)c(C(=O)O)c(F)c3s2)CC1. The summed E-state index contributed by atoms with van der Waals surface area (Å²) >= 11 is 7.38. The molecule has 11 heteroatoms. The number of aryl methyl sites for hydroxylation is 1. The first-order valence-electron chi connectivity index (χ1n) is 12.8. The van der Waals surface area contributed by atoms with Crippen LogP contribution in [0.5, 0.6) is 0 Å². The van der Waals surface area contributed by atoms with Crippen LogP contribution in [0.25, 0.3) is 21.5 Å². The number of carboxylic acid groups (broad SMARTS) is 1. The molecule has 2 saturated carbocycles. The zero-order chi connectivity index (χ0) is 27.5. The van der Waals surface area contributed by atoms with Gasteiger partial charge in [0.15, 0.2) is 5.82 Å². The van der Waals surface area contributed by atoms with E-state index in [2.05, 4.69) is 10.1 Å². The first kappa shape index (κ1) is 26.3. The number of ether oxygens (including phenoxy) is 1. The molecule has 4 aromatic rings. The number of hydrogen-bond donors (Lipinski definition) is 2. The van der Waals surface area contributed by atoms with Gasteiger partial charge in [0.05, 0.1) is 28.0 Å². The molecular weight excluding hydrogens is 550 g/mol. The van der Waals surface area contributed by atoms with Crippen molar-refractivity contribution < 1.29 is 33.0 Å². The van der Waals surface area contributed by atoms with Crippen molar-refractivity contribution in [3.63, 3.8) is 0 Å². The molecule has 2 aliphatic carbocycles. The molecule has 0 amide bonds. The van der Waals surface area contributed by atoms with Crippen molar-refractivity contribution in [2.75, 3.05) is 0 Å². The number of aliphatic hydroxyl groups is 1. The number of benzene rings is 2. The fourth-order valence-electron chi connectivity index (χ4n) is 5.30. The highest BCUT2D eigenvalue weighted by Crippen LogP contribution is 2.46. The Morgan fingerprint density at radius 2 is 2.00 bits per heavy atom. The molecule has 2 aromatic heterocycles. The summed E-state index contributed by atoms with van der Waals surface area (Å²) in [6, 6.07) is 6.59. The Kier molecular flexibility index (Phi) is 6.69. The van der Waals surface area contributed by atoms with E-state index in [4.69, 9.17) is 26.0 Å². The maximum Gasteiger partial charge on any atom is 0.341 e. The molecule has 204 valence electrons. The van der Waals surface area contributed by atoms with Crippen LogP contribution in [0.3, 0.4) is 0 Å². The van der Waals surface area contributed by atoms with Crippen LogP contribution in [-0.4, -0.2) is 32.4 Å². The predicted molar refractivity (Wildman–Crippen MR) is 141 cm³/mol. The lowest BCUT2D eigenvalue weighted by Gasteiger charge is -2.34. The molecule has 0 radical (unpaired) electrons. The number of aromatic nitrogens is 2. The summed E-state index contributed by atoms with van der Waals surface area (Å²) in [6.07, 6.45) is 3.60. The average molecular weight is 575 g/mol. The van der Waals surface area contributed by atoms with Crippen LogP contribution in [0, 0.1) is 18.6 Å². The molecule has 2 N–H and O–H groups in total. The van der Waals surface area contributed by atoms with Crippen molar-refractivity contribution >= 4 is 39.1 Å². The lowest BCUT2D eigenvalue weighted by molar-refractivity contribution is -0.0640. The maximum atomic E-state index is 14.7. The van der Waals surface area contributed by atoms with Crippen molar-refractivity contribution in [3.8, 4) is 11.3 Å². The summed E-state index contributed by atoms with van der Waals surface area (Å²) in [5, 5.41) is 25.7. The third-order valence-corrected chi connectivity index (χ3v) is 9.21. The second-order valence-corrected chi connectivity index (χ2v) is 11.7. The first-order valence-corrected chi connectivity index (χ1v) is 14.0. The highest BCUT2D eigenvalue weighted by atomic mass is 35.5. The Balaban J connectivity index is 1.19. The van der Waals surface area contributed by atoms with Gasteiger partial charge < -0.3 is 19.5 Å². The minimum atomic E-state index is -1.69. The van der Waals surface area contributed by atoms with Gasteiger partial charge in [0.25, 0.3) is 0 Å². The Labute approximate surface area is 231 Å². The Hall–Kier alpha value is -2.92. The molecule has 39 heavy (non-hydrogen) atoms. The summed E-state index contributed by atoms with van der Waals surface area (Å²) in [5.41, 5.74) is 1.04. The fraction of sp³-hybridized carbons (Fsp3) is 0.393. The maximum absolute atomic E-state index is 14.7. The molecule has 0 atom stereocenters. The molecule has 0 aliphatic heterocycles. The second-order valence-electron chi connectivity index (χ2n) is 10.3. The predicted octanol–water partition coefficient (Wildman–Crippen LogP) is 7.11. The topological polar surface area (TPSA) is 106 Å². The number of halogens is 3. The lowest BCUT2D eigenvalue weighted by Crippen LogP contribution is -2.34. The average Bonchev–Trinajstić information content (AvgIpc) is 3.50. The van der Waals surface area contributed by atoms with E-state index in [1.165, 1.54) is 0 Å². The normalized spacial score (nSPS) is 21.5. The quantitative estimate of drug-likeness (QED) is 0.242. The van der Waals surface area contributed by atoms with Gasteiger partial charge in [-0.2, -0.15) is 0 Å². The molecule has 0 unspecified atom stereocenters. The summed E-state index contributed by atoms with van der Waals surface area (Å²) in [4.78, 5) is 15.5. The van der Waals surface area contributed by atoms with Crippen molar-refractivity contribution in [2.45, 2.75) is 69.7 Å². The molecule has 0 bridgehead atoms. The highest BCUT2D eigenvalue weighted by molar-refractivity contribution is 7.18. The largest absolute Gasteiger partial charge is 0.477 e. The van der Waals surface area contributed by atoms with E-state index >= 15 is 0 Å². The molecule has 2 aromatic carbocycles. The smallest absolute Gasteiger partial charge is 0.341 e. The van der Waals surface area contributed by atoms with Crippen molar-refractivity contribution in [2.24, 2.45) is 0 Å². The van der Waals surface area contributed by atoms with E-state index in [9.17, 15) is 18.7 Å². The molecule has 2 aliphatic rings.